The van der Waals surface area contributed by atoms with Crippen molar-refractivity contribution in [3.63, 3.8) is 0 Å². The molecule has 0 aliphatic heterocycles. The van der Waals surface area contributed by atoms with E-state index in [9.17, 15) is 0 Å². The second-order valence-corrected chi connectivity index (χ2v) is 3.41. The van der Waals surface area contributed by atoms with Gasteiger partial charge in [0, 0.05) is 13.2 Å². The molecule has 0 aliphatic carbocycles. The Kier molecular flexibility index (Phi) is 14.0. The first kappa shape index (κ1) is 15.3. The fraction of sp³-hybridized carbons (Fsp3) is 1.00. The molecule has 13 heavy (non-hydrogen) atoms. The van der Waals surface area contributed by atoms with E-state index in [4.69, 9.17) is 10.2 Å². The number of aliphatic hydroxyl groups is 2. The first-order chi connectivity index (χ1) is 6.04. The number of nitrogens with zero attached hydrogens (tertiary/aromatic N) is 2. The maximum absolute atomic E-state index is 8.29. The zero-order valence-corrected chi connectivity index (χ0v) is 9.32. The molecule has 0 aromatic heterocycles. The number of aliphatic hydroxyl groups excluding tert-OH is 2. The van der Waals surface area contributed by atoms with Crippen molar-refractivity contribution in [2.24, 2.45) is 0 Å². The van der Waals surface area contributed by atoms with Gasteiger partial charge in [-0.05, 0) is 41.2 Å². The summed E-state index contributed by atoms with van der Waals surface area (Å²) in [6, 6.07) is 0. The maximum atomic E-state index is 8.29. The minimum Gasteiger partial charge on any atom is -0.396 e. The number of hydrogen-bond acceptors (Lipinski definition) is 4. The average Bonchev–Trinajstić information content (AvgIpc) is 2.01. The molecule has 0 aromatic rings. The molecule has 0 unspecified atom stereocenters. The van der Waals surface area contributed by atoms with Crippen molar-refractivity contribution in [2.45, 2.75) is 6.42 Å². The molecule has 0 radical (unpaired) electrons. The van der Waals surface area contributed by atoms with Crippen LogP contribution in [0.25, 0.3) is 0 Å². The summed E-state index contributed by atoms with van der Waals surface area (Å²) in [7, 11) is 7.85. The van der Waals surface area contributed by atoms with Gasteiger partial charge < -0.3 is 20.0 Å². The third-order valence-corrected chi connectivity index (χ3v) is 1.31. The maximum Gasteiger partial charge on any atom is 0.0558 e. The Bertz CT molecular complexity index is 87.7. The highest BCUT2D eigenvalue weighted by atomic mass is 16.3. The standard InChI is InChI=1S/C5H13NO.C4H11NO/c1-6(2)4-3-5-7;1-5(2)3-4-6/h7H,3-5H2,1-2H3;6H,3-4H2,1-2H3. The van der Waals surface area contributed by atoms with Crippen molar-refractivity contribution in [3.05, 3.63) is 0 Å². The first-order valence-corrected chi connectivity index (χ1v) is 4.55. The SMILES string of the molecule is CN(C)CCCO.CN(C)CCO. The third-order valence-electron chi connectivity index (χ3n) is 1.31. The third kappa shape index (κ3) is 24.5. The van der Waals surface area contributed by atoms with Gasteiger partial charge in [-0.2, -0.15) is 0 Å². The molecule has 0 saturated carbocycles. The van der Waals surface area contributed by atoms with Crippen LogP contribution in [0.15, 0.2) is 0 Å². The summed E-state index contributed by atoms with van der Waals surface area (Å²) in [5, 5.41) is 16.5. The van der Waals surface area contributed by atoms with Crippen LogP contribution in [0.5, 0.6) is 0 Å². The second kappa shape index (κ2) is 11.8. The van der Waals surface area contributed by atoms with Crippen LogP contribution < -0.4 is 0 Å². The smallest absolute Gasteiger partial charge is 0.0558 e. The van der Waals surface area contributed by atoms with E-state index in [1.54, 1.807) is 0 Å². The minimum absolute atomic E-state index is 0.257. The van der Waals surface area contributed by atoms with E-state index in [1.807, 2.05) is 33.1 Å². The van der Waals surface area contributed by atoms with E-state index in [0.29, 0.717) is 6.61 Å². The number of hydrogen-bond donors (Lipinski definition) is 2. The molecule has 0 atom stereocenters. The zero-order valence-electron chi connectivity index (χ0n) is 9.32. The lowest BCUT2D eigenvalue weighted by molar-refractivity contribution is 0.243. The Labute approximate surface area is 81.8 Å². The lowest BCUT2D eigenvalue weighted by Gasteiger charge is -2.05. The fourth-order valence-electron chi connectivity index (χ4n) is 0.587. The van der Waals surface area contributed by atoms with Gasteiger partial charge in [-0.25, -0.2) is 0 Å². The van der Waals surface area contributed by atoms with Gasteiger partial charge in [0.05, 0.1) is 6.61 Å². The summed E-state index contributed by atoms with van der Waals surface area (Å²) in [4.78, 5) is 3.98. The lowest BCUT2D eigenvalue weighted by Crippen LogP contribution is -2.15. The number of likely N-dealkylation sites (N-methyl/N-ethyl adjacent to an activating group) is 1. The van der Waals surface area contributed by atoms with Crippen LogP contribution in [0.4, 0.5) is 0 Å². The fourth-order valence-corrected chi connectivity index (χ4v) is 0.587. The van der Waals surface area contributed by atoms with Gasteiger partial charge in [-0.3, -0.25) is 0 Å². The lowest BCUT2D eigenvalue weighted by atomic mass is 10.4. The Morgan fingerprint density at radius 3 is 1.31 bits per heavy atom. The van der Waals surface area contributed by atoms with Gasteiger partial charge >= 0.3 is 0 Å². The van der Waals surface area contributed by atoms with Crippen LogP contribution in [0.1, 0.15) is 6.42 Å². The van der Waals surface area contributed by atoms with Crippen molar-refractivity contribution < 1.29 is 10.2 Å². The van der Waals surface area contributed by atoms with Crippen molar-refractivity contribution in [2.75, 3.05) is 54.5 Å². The summed E-state index contributed by atoms with van der Waals surface area (Å²) in [5.41, 5.74) is 0. The molecule has 2 N–H and O–H groups in total. The summed E-state index contributed by atoms with van der Waals surface area (Å²) in [5.74, 6) is 0. The Morgan fingerprint density at radius 2 is 1.23 bits per heavy atom. The zero-order chi connectivity index (χ0) is 10.7. The van der Waals surface area contributed by atoms with Gasteiger partial charge in [-0.1, -0.05) is 0 Å². The molecule has 0 heterocycles. The monoisotopic (exact) mass is 192 g/mol. The topological polar surface area (TPSA) is 46.9 Å². The molecule has 0 amide bonds. The Balaban J connectivity index is 0. The molecule has 4 nitrogen and oxygen atoms in total. The first-order valence-electron chi connectivity index (χ1n) is 4.55. The molecule has 4 heteroatoms. The van der Waals surface area contributed by atoms with E-state index in [2.05, 4.69) is 4.90 Å². The van der Waals surface area contributed by atoms with Gasteiger partial charge in [0.15, 0.2) is 0 Å². The molecular weight excluding hydrogens is 168 g/mol. The summed E-state index contributed by atoms with van der Waals surface area (Å²) < 4.78 is 0. The molecule has 0 fully saturated rings. The highest BCUT2D eigenvalue weighted by Crippen LogP contribution is 1.77. The van der Waals surface area contributed by atoms with Gasteiger partial charge in [0.2, 0.25) is 0 Å². The van der Waals surface area contributed by atoms with Crippen LogP contribution in [-0.2, 0) is 0 Å². The summed E-state index contributed by atoms with van der Waals surface area (Å²) in [6.07, 6.45) is 0.882. The predicted octanol–water partition coefficient (Wildman–Crippen LogP) is -0.529. The molecule has 0 saturated heterocycles. The Morgan fingerprint density at radius 1 is 0.769 bits per heavy atom. The van der Waals surface area contributed by atoms with Crippen molar-refractivity contribution in [1.29, 1.82) is 0 Å². The van der Waals surface area contributed by atoms with Crippen molar-refractivity contribution in [3.8, 4) is 0 Å². The van der Waals surface area contributed by atoms with E-state index >= 15 is 0 Å². The molecule has 82 valence electrons. The molecule has 0 aliphatic rings. The van der Waals surface area contributed by atoms with Gasteiger partial charge in [0.1, 0.15) is 0 Å². The molecule has 0 bridgehead atoms. The average molecular weight is 192 g/mol. The van der Waals surface area contributed by atoms with Crippen LogP contribution >= 0.6 is 0 Å². The van der Waals surface area contributed by atoms with E-state index in [1.165, 1.54) is 0 Å². The summed E-state index contributed by atoms with van der Waals surface area (Å²) >= 11 is 0. The molecule has 0 spiro atoms. The molecular formula is C9H24N2O2. The highest BCUT2D eigenvalue weighted by molar-refractivity contribution is 4.39. The minimum atomic E-state index is 0.257. The van der Waals surface area contributed by atoms with Crippen LogP contribution in [0.3, 0.4) is 0 Å². The van der Waals surface area contributed by atoms with E-state index in [0.717, 1.165) is 19.5 Å². The van der Waals surface area contributed by atoms with Crippen LogP contribution in [0, 0.1) is 0 Å². The van der Waals surface area contributed by atoms with Crippen LogP contribution in [0.2, 0.25) is 0 Å². The Hall–Kier alpha value is -0.160. The largest absolute Gasteiger partial charge is 0.396 e. The van der Waals surface area contributed by atoms with E-state index in [-0.39, 0.29) is 6.61 Å². The summed E-state index contributed by atoms with van der Waals surface area (Å²) in [6.45, 7) is 2.31. The second-order valence-electron chi connectivity index (χ2n) is 3.41. The van der Waals surface area contributed by atoms with Crippen molar-refractivity contribution >= 4 is 0 Å². The predicted molar refractivity (Wildman–Crippen MR) is 55.9 cm³/mol. The normalized spacial score (nSPS) is 10.2. The number of rotatable bonds is 5. The quantitative estimate of drug-likeness (QED) is 0.615. The van der Waals surface area contributed by atoms with Crippen molar-refractivity contribution in [1.82, 2.24) is 9.80 Å². The molecule has 0 rings (SSSR count). The van der Waals surface area contributed by atoms with E-state index < -0.39 is 0 Å². The van der Waals surface area contributed by atoms with Gasteiger partial charge in [-0.15, -0.1) is 0 Å². The highest BCUT2D eigenvalue weighted by Gasteiger charge is 1.84. The van der Waals surface area contributed by atoms with Gasteiger partial charge in [0.25, 0.3) is 0 Å². The molecule has 0 aromatic carbocycles. The van der Waals surface area contributed by atoms with Crippen LogP contribution in [-0.4, -0.2) is 74.5 Å².